The summed E-state index contributed by atoms with van der Waals surface area (Å²) < 4.78 is 2.46. The molecule has 2 nitrogen and oxygen atoms in total. The summed E-state index contributed by atoms with van der Waals surface area (Å²) in [4.78, 5) is 2.42. The van der Waals surface area contributed by atoms with Gasteiger partial charge in [0.25, 0.3) is 0 Å². The first-order chi connectivity index (χ1) is 41.3. The Kier molecular flexibility index (Phi) is 17.9. The molecule has 0 spiro atoms. The van der Waals surface area contributed by atoms with Gasteiger partial charge in [0.2, 0.25) is 0 Å². The summed E-state index contributed by atoms with van der Waals surface area (Å²) in [6, 6.07) is 85.7. The first-order valence-corrected chi connectivity index (χ1v) is 32.0. The number of benzene rings is 10. The van der Waals surface area contributed by atoms with E-state index in [2.05, 4.69) is 296 Å². The summed E-state index contributed by atoms with van der Waals surface area (Å²) in [6.07, 6.45) is 14.1. The van der Waals surface area contributed by atoms with Crippen molar-refractivity contribution in [3.05, 3.63) is 252 Å². The van der Waals surface area contributed by atoms with Gasteiger partial charge in [0.1, 0.15) is 0 Å². The molecule has 0 aliphatic rings. The lowest BCUT2D eigenvalue weighted by molar-refractivity contribution is 0.590. The largest absolute Gasteiger partial charge is 0.311 e. The fourth-order valence-corrected chi connectivity index (χ4v) is 12.7. The number of hydrogen-bond acceptors (Lipinski definition) is 1. The second-order valence-corrected chi connectivity index (χ2v) is 26.0. The Labute approximate surface area is 509 Å². The lowest BCUT2D eigenvalue weighted by Crippen LogP contribution is -2.10. The highest BCUT2D eigenvalue weighted by atomic mass is 15.1. The lowest BCUT2D eigenvalue weighted by atomic mass is 9.86. The maximum absolute atomic E-state index is 2.60. The Balaban J connectivity index is 0.966. The molecular formula is C83H88N2. The van der Waals surface area contributed by atoms with Gasteiger partial charge in [-0.2, -0.15) is 0 Å². The third-order valence-corrected chi connectivity index (χ3v) is 17.7. The molecule has 1 heterocycles. The van der Waals surface area contributed by atoms with Crippen molar-refractivity contribution in [3.63, 3.8) is 0 Å². The van der Waals surface area contributed by atoms with E-state index >= 15 is 0 Å². The number of hydrogen-bond donors (Lipinski definition) is 0. The van der Waals surface area contributed by atoms with E-state index in [1.807, 2.05) is 0 Å². The van der Waals surface area contributed by atoms with Gasteiger partial charge in [-0.05, 0) is 193 Å². The van der Waals surface area contributed by atoms with Gasteiger partial charge >= 0.3 is 0 Å². The third kappa shape index (κ3) is 13.2. The zero-order chi connectivity index (χ0) is 59.1. The summed E-state index contributed by atoms with van der Waals surface area (Å²) in [6.45, 7) is 20.5. The summed E-state index contributed by atoms with van der Waals surface area (Å²) in [7, 11) is 0. The summed E-state index contributed by atoms with van der Waals surface area (Å²) in [5.41, 5.74) is 27.0. The minimum absolute atomic E-state index is 0.111. The number of aryl methyl sites for hydroxylation is 3. The fourth-order valence-electron chi connectivity index (χ4n) is 12.7. The van der Waals surface area contributed by atoms with E-state index < -0.39 is 0 Å². The second-order valence-electron chi connectivity index (χ2n) is 26.0. The van der Waals surface area contributed by atoms with Gasteiger partial charge in [-0.3, -0.25) is 0 Å². The van der Waals surface area contributed by atoms with Gasteiger partial charge in [0.15, 0.2) is 0 Å². The topological polar surface area (TPSA) is 8.17 Å². The third-order valence-electron chi connectivity index (χ3n) is 17.7. The Hall–Kier alpha value is -8.20. The van der Waals surface area contributed by atoms with Crippen molar-refractivity contribution < 1.29 is 0 Å². The summed E-state index contributed by atoms with van der Waals surface area (Å²) >= 11 is 0. The van der Waals surface area contributed by atoms with Crippen molar-refractivity contribution in [2.75, 3.05) is 4.90 Å². The summed E-state index contributed by atoms with van der Waals surface area (Å²) in [5.74, 6) is 0. The van der Waals surface area contributed by atoms with E-state index in [-0.39, 0.29) is 10.8 Å². The fraction of sp³-hybridized carbons (Fsp3) is 0.277. The van der Waals surface area contributed by atoms with Crippen molar-refractivity contribution in [1.82, 2.24) is 4.57 Å². The zero-order valence-corrected chi connectivity index (χ0v) is 52.2. The molecule has 0 saturated carbocycles. The van der Waals surface area contributed by atoms with Crippen molar-refractivity contribution >= 4 is 38.9 Å². The molecular weight excluding hydrogens is 1020 g/mol. The van der Waals surface area contributed by atoms with E-state index in [1.54, 1.807) is 0 Å². The van der Waals surface area contributed by atoms with E-state index in [4.69, 9.17) is 0 Å². The summed E-state index contributed by atoms with van der Waals surface area (Å²) in [5, 5.41) is 2.58. The average molecular weight is 1110 g/mol. The smallest absolute Gasteiger partial charge is 0.0541 e. The zero-order valence-electron chi connectivity index (χ0n) is 52.2. The molecule has 0 saturated heterocycles. The van der Waals surface area contributed by atoms with Gasteiger partial charge in [-0.1, -0.05) is 265 Å². The standard InChI is InChI=1S/C83H88N2/c1-10-13-15-17-22-67-57-78(69-42-55-81-79(58-69)76-24-19-20-25-80(76)85(81)75-51-38-65(39-52-75)62-32-45-71(46-33-62)83(7,8)9)68(23-18-16-14-11-2)56-77(67)66-40-53-74(54-41-66)84(72-47-34-63(35-48-72)60-28-26-59(21-12-3)27-29-60)73-49-36-64(37-50-73)61-30-43-70(44-31-61)82(4,5)6/h19-20,24-58H,10-18,21-23H2,1-9H3. The van der Waals surface area contributed by atoms with Gasteiger partial charge in [0.05, 0.1) is 11.0 Å². The van der Waals surface area contributed by atoms with Crippen molar-refractivity contribution in [3.8, 4) is 61.3 Å². The number of unbranched alkanes of at least 4 members (excludes halogenated alkanes) is 6. The molecule has 1 aromatic heterocycles. The van der Waals surface area contributed by atoms with E-state index in [0.29, 0.717) is 0 Å². The molecule has 0 aliphatic heterocycles. The minimum atomic E-state index is 0.111. The Morgan fingerprint density at radius 2 is 0.706 bits per heavy atom. The minimum Gasteiger partial charge on any atom is -0.311 e. The molecule has 85 heavy (non-hydrogen) atoms. The molecule has 0 unspecified atom stereocenters. The van der Waals surface area contributed by atoms with Crippen LogP contribution in [0.2, 0.25) is 0 Å². The maximum atomic E-state index is 2.60. The Morgan fingerprint density at radius 3 is 1.15 bits per heavy atom. The Morgan fingerprint density at radius 1 is 0.318 bits per heavy atom. The molecule has 2 heteroatoms. The van der Waals surface area contributed by atoms with Crippen LogP contribution in [-0.4, -0.2) is 4.57 Å². The number of fused-ring (bicyclic) bond motifs is 3. The van der Waals surface area contributed by atoms with Crippen LogP contribution in [0, 0.1) is 0 Å². The average Bonchev–Trinajstić information content (AvgIpc) is 2.05. The first-order valence-electron chi connectivity index (χ1n) is 32.0. The molecule has 0 radical (unpaired) electrons. The normalized spacial score (nSPS) is 11.9. The number of rotatable bonds is 21. The van der Waals surface area contributed by atoms with Crippen LogP contribution >= 0.6 is 0 Å². The quantitative estimate of drug-likeness (QED) is 0.0651. The molecule has 0 amide bonds. The molecule has 11 rings (SSSR count). The second kappa shape index (κ2) is 26.0. The molecule has 0 N–H and O–H groups in total. The van der Waals surface area contributed by atoms with Crippen molar-refractivity contribution in [1.29, 1.82) is 0 Å². The van der Waals surface area contributed by atoms with Crippen molar-refractivity contribution in [2.45, 2.75) is 150 Å². The first kappa shape index (κ1) is 58.6. The highest BCUT2D eigenvalue weighted by Gasteiger charge is 2.21. The van der Waals surface area contributed by atoms with Gasteiger partial charge < -0.3 is 9.47 Å². The SMILES string of the molecule is CCCCCCc1cc(-c2ccc3c(c2)c2ccccc2n3-c2ccc(-c3ccc(C(C)(C)C)cc3)cc2)c(CCCCCC)cc1-c1ccc(N(c2ccc(-c3ccc(CCC)cc3)cc2)c2ccc(-c3ccc(C(C)(C)C)cc3)cc2)cc1. The van der Waals surface area contributed by atoms with Gasteiger partial charge in [-0.15, -0.1) is 0 Å². The van der Waals surface area contributed by atoms with Crippen LogP contribution in [0.3, 0.4) is 0 Å². The van der Waals surface area contributed by atoms with Crippen LogP contribution in [0.15, 0.2) is 224 Å². The molecule has 0 atom stereocenters. The van der Waals surface area contributed by atoms with Crippen LogP contribution in [-0.2, 0) is 30.1 Å². The van der Waals surface area contributed by atoms with Crippen LogP contribution in [0.25, 0.3) is 83.1 Å². The predicted octanol–water partition coefficient (Wildman–Crippen LogP) is 24.4. The molecule has 0 fully saturated rings. The van der Waals surface area contributed by atoms with E-state index in [0.717, 1.165) is 42.7 Å². The Bertz CT molecular complexity index is 3970. The highest BCUT2D eigenvalue weighted by Crippen LogP contribution is 2.42. The molecule has 11 aromatic rings. The number of nitrogens with zero attached hydrogens (tertiary/aromatic N) is 2. The van der Waals surface area contributed by atoms with Crippen LogP contribution in [0.1, 0.15) is 148 Å². The monoisotopic (exact) mass is 1110 g/mol. The van der Waals surface area contributed by atoms with E-state index in [9.17, 15) is 0 Å². The van der Waals surface area contributed by atoms with Crippen LogP contribution in [0.4, 0.5) is 17.1 Å². The van der Waals surface area contributed by atoms with Crippen LogP contribution in [0.5, 0.6) is 0 Å². The molecule has 10 aromatic carbocycles. The molecule has 0 bridgehead atoms. The number of anilines is 3. The van der Waals surface area contributed by atoms with Gasteiger partial charge in [0, 0.05) is 33.5 Å². The lowest BCUT2D eigenvalue weighted by Gasteiger charge is -2.26. The van der Waals surface area contributed by atoms with Crippen LogP contribution < -0.4 is 4.90 Å². The molecule has 430 valence electrons. The van der Waals surface area contributed by atoms with E-state index in [1.165, 1.54) is 162 Å². The maximum Gasteiger partial charge on any atom is 0.0541 e. The van der Waals surface area contributed by atoms with Gasteiger partial charge in [-0.25, -0.2) is 0 Å². The molecule has 0 aliphatic carbocycles. The number of para-hydroxylation sites is 1. The van der Waals surface area contributed by atoms with Crippen molar-refractivity contribution in [2.24, 2.45) is 0 Å². The highest BCUT2D eigenvalue weighted by molar-refractivity contribution is 6.10. The number of aromatic nitrogens is 1. The predicted molar refractivity (Wildman–Crippen MR) is 370 cm³/mol.